The van der Waals surface area contributed by atoms with Gasteiger partial charge in [0.05, 0.1) is 12.5 Å². The first-order chi connectivity index (χ1) is 9.24. The van der Waals surface area contributed by atoms with Crippen molar-refractivity contribution in [1.29, 1.82) is 0 Å². The summed E-state index contributed by atoms with van der Waals surface area (Å²) in [6.45, 7) is 6.64. The quantitative estimate of drug-likeness (QED) is 0.603. The maximum Gasteiger partial charge on any atom is 0.312 e. The van der Waals surface area contributed by atoms with Crippen LogP contribution in [0.15, 0.2) is 30.9 Å². The summed E-state index contributed by atoms with van der Waals surface area (Å²) in [5, 5.41) is 0. The van der Waals surface area contributed by atoms with Gasteiger partial charge in [-0.05, 0) is 37.1 Å². The van der Waals surface area contributed by atoms with Crippen LogP contribution in [0.25, 0.3) is 0 Å². The van der Waals surface area contributed by atoms with Crippen LogP contribution in [0, 0.1) is 5.92 Å². The van der Waals surface area contributed by atoms with E-state index in [0.717, 1.165) is 17.1 Å². The van der Waals surface area contributed by atoms with E-state index in [4.69, 9.17) is 14.2 Å². The Morgan fingerprint density at radius 2 is 2.42 bits per heavy atom. The summed E-state index contributed by atoms with van der Waals surface area (Å²) in [7, 11) is 0. The van der Waals surface area contributed by atoms with Gasteiger partial charge in [-0.25, -0.2) is 0 Å². The Morgan fingerprint density at radius 3 is 3.16 bits per heavy atom. The van der Waals surface area contributed by atoms with Gasteiger partial charge in [-0.15, -0.1) is 0 Å². The molecule has 4 heteroatoms. The van der Waals surface area contributed by atoms with Crippen LogP contribution in [-0.4, -0.2) is 25.8 Å². The van der Waals surface area contributed by atoms with Crippen LogP contribution in [0.4, 0.5) is 0 Å². The molecular weight excluding hydrogens is 244 g/mol. The molecule has 1 aliphatic rings. The average Bonchev–Trinajstić information content (AvgIpc) is 2.44. The predicted molar refractivity (Wildman–Crippen MR) is 71.5 cm³/mol. The largest absolute Gasteiger partial charge is 0.492 e. The van der Waals surface area contributed by atoms with E-state index in [9.17, 15) is 4.79 Å². The smallest absolute Gasteiger partial charge is 0.312 e. The lowest BCUT2D eigenvalue weighted by Gasteiger charge is -2.24. The molecule has 1 aromatic rings. The molecule has 4 nitrogen and oxygen atoms in total. The molecule has 0 bridgehead atoms. The highest BCUT2D eigenvalue weighted by molar-refractivity contribution is 5.73. The van der Waals surface area contributed by atoms with E-state index in [1.54, 1.807) is 13.0 Å². The van der Waals surface area contributed by atoms with Gasteiger partial charge in [0, 0.05) is 0 Å². The summed E-state index contributed by atoms with van der Waals surface area (Å²) in [5.74, 6) is 1.13. The molecule has 0 radical (unpaired) electrons. The SMILES string of the molecule is C=CCOc1ccc2c(c1)C[C@H](C(=O)OCC)CO2. The number of benzene rings is 1. The molecule has 0 amide bonds. The lowest BCUT2D eigenvalue weighted by molar-refractivity contribution is -0.149. The second-order valence-electron chi connectivity index (χ2n) is 4.33. The van der Waals surface area contributed by atoms with Gasteiger partial charge in [0.15, 0.2) is 0 Å². The first kappa shape index (κ1) is 13.5. The highest BCUT2D eigenvalue weighted by Gasteiger charge is 2.27. The van der Waals surface area contributed by atoms with Crippen molar-refractivity contribution in [2.45, 2.75) is 13.3 Å². The lowest BCUT2D eigenvalue weighted by atomic mass is 9.96. The predicted octanol–water partition coefficient (Wildman–Crippen LogP) is 2.37. The molecule has 0 spiro atoms. The second-order valence-corrected chi connectivity index (χ2v) is 4.33. The fraction of sp³-hybridized carbons (Fsp3) is 0.400. The van der Waals surface area contributed by atoms with Gasteiger partial charge in [-0.3, -0.25) is 4.79 Å². The summed E-state index contributed by atoms with van der Waals surface area (Å²) in [6.07, 6.45) is 2.32. The van der Waals surface area contributed by atoms with Crippen molar-refractivity contribution in [3.63, 3.8) is 0 Å². The molecule has 1 aromatic carbocycles. The van der Waals surface area contributed by atoms with Crippen LogP contribution in [0.2, 0.25) is 0 Å². The van der Waals surface area contributed by atoms with Gasteiger partial charge < -0.3 is 14.2 Å². The zero-order valence-corrected chi connectivity index (χ0v) is 11.1. The Hall–Kier alpha value is -1.97. The third-order valence-corrected chi connectivity index (χ3v) is 2.93. The molecular formula is C15H18O4. The van der Waals surface area contributed by atoms with Gasteiger partial charge in [0.1, 0.15) is 24.7 Å². The lowest BCUT2D eigenvalue weighted by Crippen LogP contribution is -2.29. The second kappa shape index (κ2) is 6.27. The fourth-order valence-corrected chi connectivity index (χ4v) is 2.03. The Labute approximate surface area is 113 Å². The van der Waals surface area contributed by atoms with Crippen molar-refractivity contribution < 1.29 is 19.0 Å². The minimum absolute atomic E-state index is 0.203. The third kappa shape index (κ3) is 3.28. The molecule has 102 valence electrons. The zero-order valence-electron chi connectivity index (χ0n) is 11.1. The van der Waals surface area contributed by atoms with E-state index < -0.39 is 0 Å². The van der Waals surface area contributed by atoms with Crippen LogP contribution in [0.5, 0.6) is 11.5 Å². The Morgan fingerprint density at radius 1 is 1.58 bits per heavy atom. The van der Waals surface area contributed by atoms with E-state index in [0.29, 0.717) is 26.2 Å². The molecule has 19 heavy (non-hydrogen) atoms. The minimum atomic E-state index is -0.234. The maximum atomic E-state index is 11.7. The monoisotopic (exact) mass is 262 g/mol. The molecule has 0 N–H and O–H groups in total. The van der Waals surface area contributed by atoms with E-state index >= 15 is 0 Å². The van der Waals surface area contributed by atoms with Crippen molar-refractivity contribution in [3.05, 3.63) is 36.4 Å². The molecule has 0 aliphatic carbocycles. The first-order valence-corrected chi connectivity index (χ1v) is 6.40. The average molecular weight is 262 g/mol. The zero-order chi connectivity index (χ0) is 13.7. The molecule has 0 fully saturated rings. The highest BCUT2D eigenvalue weighted by atomic mass is 16.5. The van der Waals surface area contributed by atoms with E-state index in [2.05, 4.69) is 6.58 Å². The van der Waals surface area contributed by atoms with Crippen LogP contribution in [0.3, 0.4) is 0 Å². The molecule has 0 saturated carbocycles. The molecule has 2 rings (SSSR count). The number of carbonyl (C=O) groups is 1. The van der Waals surface area contributed by atoms with E-state index in [1.165, 1.54) is 0 Å². The van der Waals surface area contributed by atoms with Crippen molar-refractivity contribution in [2.24, 2.45) is 5.92 Å². The van der Waals surface area contributed by atoms with E-state index in [1.807, 2.05) is 18.2 Å². The summed E-state index contributed by atoms with van der Waals surface area (Å²) in [6, 6.07) is 5.63. The molecule has 1 atom stereocenters. The van der Waals surface area contributed by atoms with Crippen molar-refractivity contribution in [2.75, 3.05) is 19.8 Å². The topological polar surface area (TPSA) is 44.8 Å². The summed E-state index contributed by atoms with van der Waals surface area (Å²) < 4.78 is 16.1. The number of esters is 1. The van der Waals surface area contributed by atoms with Crippen LogP contribution in [0.1, 0.15) is 12.5 Å². The molecule has 0 saturated heterocycles. The number of rotatable bonds is 5. The Balaban J connectivity index is 2.09. The Kier molecular flexibility index (Phi) is 4.44. The van der Waals surface area contributed by atoms with Crippen molar-refractivity contribution >= 4 is 5.97 Å². The number of fused-ring (bicyclic) bond motifs is 1. The van der Waals surface area contributed by atoms with Gasteiger partial charge in [0.25, 0.3) is 0 Å². The van der Waals surface area contributed by atoms with Gasteiger partial charge >= 0.3 is 5.97 Å². The molecule has 1 heterocycles. The Bertz CT molecular complexity index is 467. The molecule has 0 unspecified atom stereocenters. The fourth-order valence-electron chi connectivity index (χ4n) is 2.03. The van der Waals surface area contributed by atoms with Crippen LogP contribution >= 0.6 is 0 Å². The third-order valence-electron chi connectivity index (χ3n) is 2.93. The number of hydrogen-bond donors (Lipinski definition) is 0. The first-order valence-electron chi connectivity index (χ1n) is 6.40. The van der Waals surface area contributed by atoms with E-state index in [-0.39, 0.29) is 11.9 Å². The molecule has 0 aromatic heterocycles. The van der Waals surface area contributed by atoms with Gasteiger partial charge in [-0.1, -0.05) is 12.7 Å². The summed E-state index contributed by atoms with van der Waals surface area (Å²) >= 11 is 0. The summed E-state index contributed by atoms with van der Waals surface area (Å²) in [5.41, 5.74) is 0.978. The maximum absolute atomic E-state index is 11.7. The number of ether oxygens (including phenoxy) is 3. The van der Waals surface area contributed by atoms with Crippen molar-refractivity contribution in [3.8, 4) is 11.5 Å². The van der Waals surface area contributed by atoms with Gasteiger partial charge in [0.2, 0.25) is 0 Å². The number of hydrogen-bond acceptors (Lipinski definition) is 4. The van der Waals surface area contributed by atoms with Gasteiger partial charge in [-0.2, -0.15) is 0 Å². The highest BCUT2D eigenvalue weighted by Crippen LogP contribution is 2.31. The van der Waals surface area contributed by atoms with Crippen LogP contribution in [-0.2, 0) is 16.0 Å². The standard InChI is InChI=1S/C15H18O4/c1-3-7-18-13-5-6-14-11(9-13)8-12(10-19-14)15(16)17-4-2/h3,5-6,9,12H,1,4,7-8,10H2,2H3/t12-/m0/s1. The summed E-state index contributed by atoms with van der Waals surface area (Å²) in [4.78, 5) is 11.7. The normalized spacial score (nSPS) is 17.0. The molecule has 1 aliphatic heterocycles. The van der Waals surface area contributed by atoms with Crippen LogP contribution < -0.4 is 9.47 Å². The van der Waals surface area contributed by atoms with Crippen molar-refractivity contribution in [1.82, 2.24) is 0 Å². The minimum Gasteiger partial charge on any atom is -0.492 e. The number of carbonyl (C=O) groups excluding carboxylic acids is 1.